The predicted molar refractivity (Wildman–Crippen MR) is 129 cm³/mol. The lowest BCUT2D eigenvalue weighted by molar-refractivity contribution is 0.0333. The van der Waals surface area contributed by atoms with Gasteiger partial charge in [0.2, 0.25) is 0 Å². The SMILES string of the molecule is O=c1[nH]c(CN[C@H](CN2CCOCC2)c2ccccc2)nc2sc(-c3ccccc3)cc12. The highest BCUT2D eigenvalue weighted by Crippen LogP contribution is 2.30. The Labute approximate surface area is 190 Å². The van der Waals surface area contributed by atoms with Crippen LogP contribution in [0.4, 0.5) is 0 Å². The van der Waals surface area contributed by atoms with Gasteiger partial charge in [0, 0.05) is 30.6 Å². The molecule has 0 bridgehead atoms. The minimum absolute atomic E-state index is 0.0883. The summed E-state index contributed by atoms with van der Waals surface area (Å²) in [7, 11) is 0. The molecule has 1 saturated heterocycles. The zero-order valence-corrected chi connectivity index (χ0v) is 18.6. The number of hydrogen-bond donors (Lipinski definition) is 2. The molecule has 0 aliphatic carbocycles. The van der Waals surface area contributed by atoms with Crippen LogP contribution < -0.4 is 10.9 Å². The molecule has 6 nitrogen and oxygen atoms in total. The number of benzene rings is 2. The Bertz CT molecular complexity index is 1220. The third kappa shape index (κ3) is 4.81. The van der Waals surface area contributed by atoms with Crippen LogP contribution in [0.2, 0.25) is 0 Å². The van der Waals surface area contributed by atoms with Crippen LogP contribution >= 0.6 is 11.3 Å². The van der Waals surface area contributed by atoms with Gasteiger partial charge >= 0.3 is 0 Å². The number of nitrogens with one attached hydrogen (secondary N) is 2. The lowest BCUT2D eigenvalue weighted by Gasteiger charge is -2.31. The summed E-state index contributed by atoms with van der Waals surface area (Å²) in [5.74, 6) is 0.659. The van der Waals surface area contributed by atoms with Crippen LogP contribution in [0.3, 0.4) is 0 Å². The summed E-state index contributed by atoms with van der Waals surface area (Å²) in [6.45, 7) is 4.79. The zero-order valence-electron chi connectivity index (χ0n) is 17.8. The predicted octanol–water partition coefficient (Wildman–Crippen LogP) is 3.81. The molecule has 1 fully saturated rings. The van der Waals surface area contributed by atoms with Gasteiger partial charge in [0.05, 0.1) is 25.1 Å². The molecule has 2 N–H and O–H groups in total. The van der Waals surface area contributed by atoms with E-state index in [1.165, 1.54) is 5.56 Å². The zero-order chi connectivity index (χ0) is 21.8. The van der Waals surface area contributed by atoms with E-state index in [4.69, 9.17) is 9.72 Å². The van der Waals surface area contributed by atoms with Gasteiger partial charge in [0.25, 0.3) is 5.56 Å². The van der Waals surface area contributed by atoms with Crippen molar-refractivity contribution in [1.82, 2.24) is 20.2 Å². The van der Waals surface area contributed by atoms with Crippen LogP contribution in [0.1, 0.15) is 17.4 Å². The molecule has 7 heteroatoms. The van der Waals surface area contributed by atoms with Gasteiger partial charge in [-0.25, -0.2) is 4.98 Å². The van der Waals surface area contributed by atoms with Crippen LogP contribution in [-0.4, -0.2) is 47.7 Å². The first-order valence-electron chi connectivity index (χ1n) is 10.9. The van der Waals surface area contributed by atoms with Crippen LogP contribution in [0.25, 0.3) is 20.7 Å². The fourth-order valence-corrected chi connectivity index (χ4v) is 5.10. The summed E-state index contributed by atoms with van der Waals surface area (Å²) >= 11 is 1.56. The van der Waals surface area contributed by atoms with E-state index in [1.54, 1.807) is 11.3 Å². The molecule has 32 heavy (non-hydrogen) atoms. The molecule has 3 heterocycles. The van der Waals surface area contributed by atoms with Crippen molar-refractivity contribution in [1.29, 1.82) is 0 Å². The van der Waals surface area contributed by atoms with E-state index in [-0.39, 0.29) is 11.6 Å². The number of morpholine rings is 1. The average molecular weight is 447 g/mol. The van der Waals surface area contributed by atoms with Crippen LogP contribution in [0, 0.1) is 0 Å². The quantitative estimate of drug-likeness (QED) is 0.452. The van der Waals surface area contributed by atoms with E-state index in [2.05, 4.69) is 51.6 Å². The number of hydrogen-bond acceptors (Lipinski definition) is 6. The van der Waals surface area contributed by atoms with Gasteiger partial charge in [-0.05, 0) is 17.2 Å². The molecule has 2 aromatic carbocycles. The second kappa shape index (κ2) is 9.75. The van der Waals surface area contributed by atoms with E-state index >= 15 is 0 Å². The molecule has 1 aliphatic heterocycles. The summed E-state index contributed by atoms with van der Waals surface area (Å²) in [6.07, 6.45) is 0. The molecule has 0 unspecified atom stereocenters. The number of rotatable bonds is 7. The second-order valence-electron chi connectivity index (χ2n) is 7.97. The van der Waals surface area contributed by atoms with Crippen molar-refractivity contribution in [2.45, 2.75) is 12.6 Å². The highest BCUT2D eigenvalue weighted by Gasteiger charge is 2.19. The van der Waals surface area contributed by atoms with Crippen molar-refractivity contribution in [3.63, 3.8) is 0 Å². The Kier molecular flexibility index (Phi) is 6.41. The third-order valence-electron chi connectivity index (χ3n) is 5.77. The van der Waals surface area contributed by atoms with Gasteiger partial charge in [-0.2, -0.15) is 0 Å². The van der Waals surface area contributed by atoms with E-state index in [0.29, 0.717) is 17.8 Å². The smallest absolute Gasteiger partial charge is 0.259 e. The van der Waals surface area contributed by atoms with E-state index < -0.39 is 0 Å². The minimum atomic E-state index is -0.0883. The standard InChI is InChI=1S/C25H26N4O2S/c30-24-20-15-22(19-9-5-2-6-10-19)32-25(20)28-23(27-24)16-26-21(18-7-3-1-4-8-18)17-29-11-13-31-14-12-29/h1-10,15,21,26H,11-14,16-17H2,(H,27,28,30)/t21-/m1/s1. The second-order valence-corrected chi connectivity index (χ2v) is 9.00. The molecule has 5 rings (SSSR count). The Hall–Kier alpha value is -2.84. The number of thiophene rings is 1. The average Bonchev–Trinajstić information content (AvgIpc) is 3.28. The van der Waals surface area contributed by atoms with E-state index in [0.717, 1.165) is 48.1 Å². The summed E-state index contributed by atoms with van der Waals surface area (Å²) in [5, 5.41) is 4.26. The third-order valence-corrected chi connectivity index (χ3v) is 6.85. The maximum atomic E-state index is 12.7. The Morgan fingerprint density at radius 1 is 1.06 bits per heavy atom. The molecular weight excluding hydrogens is 420 g/mol. The molecule has 164 valence electrons. The maximum absolute atomic E-state index is 12.7. The molecular formula is C25H26N4O2S. The van der Waals surface area contributed by atoms with Gasteiger partial charge < -0.3 is 15.0 Å². The van der Waals surface area contributed by atoms with Crippen molar-refractivity contribution in [2.75, 3.05) is 32.8 Å². The van der Waals surface area contributed by atoms with E-state index in [1.807, 2.05) is 30.3 Å². The van der Waals surface area contributed by atoms with Crippen molar-refractivity contribution in [2.24, 2.45) is 0 Å². The number of aromatic nitrogens is 2. The Balaban J connectivity index is 1.36. The van der Waals surface area contributed by atoms with Crippen LogP contribution in [0.15, 0.2) is 71.5 Å². The molecule has 0 spiro atoms. The number of aromatic amines is 1. The summed E-state index contributed by atoms with van der Waals surface area (Å²) in [5.41, 5.74) is 2.24. The molecule has 0 saturated carbocycles. The summed E-state index contributed by atoms with van der Waals surface area (Å²) < 4.78 is 5.49. The summed E-state index contributed by atoms with van der Waals surface area (Å²) in [6, 6.07) is 22.6. The number of nitrogens with zero attached hydrogens (tertiary/aromatic N) is 2. The van der Waals surface area contributed by atoms with E-state index in [9.17, 15) is 4.79 Å². The maximum Gasteiger partial charge on any atom is 0.259 e. The molecule has 0 amide bonds. The Morgan fingerprint density at radius 2 is 1.78 bits per heavy atom. The van der Waals surface area contributed by atoms with Crippen molar-refractivity contribution in [3.05, 3.63) is 88.5 Å². The molecule has 1 atom stereocenters. The summed E-state index contributed by atoms with van der Waals surface area (Å²) in [4.78, 5) is 24.7. The molecule has 2 aromatic heterocycles. The lowest BCUT2D eigenvalue weighted by atomic mass is 10.1. The fraction of sp³-hybridized carbons (Fsp3) is 0.280. The van der Waals surface area contributed by atoms with Gasteiger partial charge in [0.1, 0.15) is 10.7 Å². The highest BCUT2D eigenvalue weighted by atomic mass is 32.1. The van der Waals surface area contributed by atoms with Crippen LogP contribution in [0.5, 0.6) is 0 Å². The minimum Gasteiger partial charge on any atom is -0.379 e. The Morgan fingerprint density at radius 3 is 2.53 bits per heavy atom. The largest absolute Gasteiger partial charge is 0.379 e. The monoisotopic (exact) mass is 446 g/mol. The van der Waals surface area contributed by atoms with Gasteiger partial charge in [-0.15, -0.1) is 11.3 Å². The molecule has 0 radical (unpaired) electrons. The van der Waals surface area contributed by atoms with Crippen LogP contribution in [-0.2, 0) is 11.3 Å². The van der Waals surface area contributed by atoms with Crippen molar-refractivity contribution >= 4 is 21.6 Å². The molecule has 4 aromatic rings. The normalized spacial score (nSPS) is 15.8. The van der Waals surface area contributed by atoms with Crippen molar-refractivity contribution < 1.29 is 4.74 Å². The highest BCUT2D eigenvalue weighted by molar-refractivity contribution is 7.21. The fourth-order valence-electron chi connectivity index (χ4n) is 4.04. The lowest BCUT2D eigenvalue weighted by Crippen LogP contribution is -2.42. The topological polar surface area (TPSA) is 70.2 Å². The molecule has 1 aliphatic rings. The number of ether oxygens (including phenoxy) is 1. The first-order chi connectivity index (χ1) is 15.8. The number of H-pyrrole nitrogens is 1. The van der Waals surface area contributed by atoms with Gasteiger partial charge in [-0.1, -0.05) is 60.7 Å². The first-order valence-corrected chi connectivity index (χ1v) is 11.7. The van der Waals surface area contributed by atoms with Gasteiger partial charge in [-0.3, -0.25) is 9.69 Å². The first kappa shape index (κ1) is 21.0. The number of fused-ring (bicyclic) bond motifs is 1. The van der Waals surface area contributed by atoms with Gasteiger partial charge in [0.15, 0.2) is 0 Å². The van der Waals surface area contributed by atoms with Crippen molar-refractivity contribution in [3.8, 4) is 10.4 Å².